The second-order valence-electron chi connectivity index (χ2n) is 6.09. The zero-order valence-corrected chi connectivity index (χ0v) is 15.7. The van der Waals surface area contributed by atoms with Gasteiger partial charge in [-0.1, -0.05) is 35.5 Å². The molecule has 2 atom stereocenters. The van der Waals surface area contributed by atoms with Gasteiger partial charge >= 0.3 is 0 Å². The number of para-hydroxylation sites is 2. The zero-order valence-electron chi connectivity index (χ0n) is 14.1. The Morgan fingerprint density at radius 1 is 1.19 bits per heavy atom. The zero-order chi connectivity index (χ0) is 18.1. The molecule has 2 aromatic rings. The fourth-order valence-electron chi connectivity index (χ4n) is 2.79. The number of amides is 1. The van der Waals surface area contributed by atoms with Crippen LogP contribution in [0.3, 0.4) is 0 Å². The van der Waals surface area contributed by atoms with E-state index in [1.54, 1.807) is 34.9 Å². The van der Waals surface area contributed by atoms with Gasteiger partial charge in [-0.3, -0.25) is 14.7 Å². The summed E-state index contributed by atoms with van der Waals surface area (Å²) in [5, 5.41) is 1.29. The van der Waals surface area contributed by atoms with Crippen molar-refractivity contribution in [3.63, 3.8) is 0 Å². The molecule has 0 fully saturated rings. The van der Waals surface area contributed by atoms with Gasteiger partial charge in [-0.25, -0.2) is 0 Å². The number of hydrogen-bond acceptors (Lipinski definition) is 5. The number of halogens is 1. The van der Waals surface area contributed by atoms with E-state index in [2.05, 4.69) is 4.99 Å². The van der Waals surface area contributed by atoms with Crippen molar-refractivity contribution in [2.45, 2.75) is 19.1 Å². The Bertz CT molecular complexity index is 856. The molecule has 5 nitrogen and oxygen atoms in total. The molecule has 7 heteroatoms. The second-order valence-corrected chi connectivity index (χ2v) is 7.51. The van der Waals surface area contributed by atoms with Crippen LogP contribution in [0.4, 0.5) is 5.69 Å². The monoisotopic (exact) mass is 388 g/mol. The van der Waals surface area contributed by atoms with Gasteiger partial charge in [0.15, 0.2) is 16.7 Å². The minimum absolute atomic E-state index is 0.160. The summed E-state index contributed by atoms with van der Waals surface area (Å²) < 4.78 is 11.6. The molecule has 2 aliphatic heterocycles. The average molecular weight is 389 g/mol. The summed E-state index contributed by atoms with van der Waals surface area (Å²) in [7, 11) is 0. The molecule has 2 heterocycles. The summed E-state index contributed by atoms with van der Waals surface area (Å²) in [6.07, 6.45) is -0.736. The van der Waals surface area contributed by atoms with Crippen molar-refractivity contribution in [1.29, 1.82) is 0 Å². The number of carbonyl (C=O) groups excluding carboxylic acids is 1. The van der Waals surface area contributed by atoms with E-state index in [4.69, 9.17) is 21.1 Å². The van der Waals surface area contributed by atoms with E-state index in [9.17, 15) is 4.79 Å². The number of aliphatic imine (C=N–C) groups is 1. The Hall–Kier alpha value is -2.18. The summed E-state index contributed by atoms with van der Waals surface area (Å²) in [5.41, 5.74) is 0.710. The van der Waals surface area contributed by atoms with E-state index >= 15 is 0 Å². The van der Waals surface area contributed by atoms with Crippen LogP contribution in [0.25, 0.3) is 0 Å². The molecule has 0 radical (unpaired) electrons. The highest BCUT2D eigenvalue weighted by molar-refractivity contribution is 8.14. The van der Waals surface area contributed by atoms with Crippen molar-refractivity contribution >= 4 is 40.1 Å². The topological polar surface area (TPSA) is 51.1 Å². The molecule has 4 rings (SSSR count). The Morgan fingerprint density at radius 2 is 1.92 bits per heavy atom. The van der Waals surface area contributed by atoms with Crippen LogP contribution in [-0.4, -0.2) is 35.6 Å². The van der Waals surface area contributed by atoms with E-state index in [0.29, 0.717) is 27.4 Å². The standard InChI is InChI=1S/C19H17ClN2O3S/c1-12-11-26-19(21-12)22(14-8-6-13(20)7-9-14)18(23)17-10-24-15-4-2-3-5-16(15)25-17/h2-9,12,17H,10-11H2,1H3/t12-,17+/m0/s1. The summed E-state index contributed by atoms with van der Waals surface area (Å²) in [4.78, 5) is 19.5. The molecular weight excluding hydrogens is 372 g/mol. The Labute approximate surface area is 161 Å². The van der Waals surface area contributed by atoms with E-state index in [1.165, 1.54) is 0 Å². The number of benzene rings is 2. The van der Waals surface area contributed by atoms with Gasteiger partial charge in [-0.15, -0.1) is 0 Å². The van der Waals surface area contributed by atoms with Gasteiger partial charge in [-0.05, 0) is 43.3 Å². The molecule has 134 valence electrons. The van der Waals surface area contributed by atoms with Crippen molar-refractivity contribution in [2.24, 2.45) is 4.99 Å². The van der Waals surface area contributed by atoms with Gasteiger partial charge in [0.25, 0.3) is 5.91 Å². The van der Waals surface area contributed by atoms with Gasteiger partial charge < -0.3 is 9.47 Å². The highest BCUT2D eigenvalue weighted by Gasteiger charge is 2.35. The van der Waals surface area contributed by atoms with Gasteiger partial charge in [0, 0.05) is 10.8 Å². The SMILES string of the molecule is C[C@H]1CSC(N(C(=O)[C@H]2COc3ccccc3O2)c2ccc(Cl)cc2)=N1. The third kappa shape index (κ3) is 3.39. The summed E-state index contributed by atoms with van der Waals surface area (Å²) >= 11 is 7.56. The molecule has 2 aliphatic rings. The number of thioether (sulfide) groups is 1. The number of anilines is 1. The van der Waals surface area contributed by atoms with Crippen molar-refractivity contribution in [1.82, 2.24) is 0 Å². The molecule has 1 amide bonds. The van der Waals surface area contributed by atoms with Crippen LogP contribution < -0.4 is 14.4 Å². The Kier molecular flexibility index (Phi) is 4.78. The lowest BCUT2D eigenvalue weighted by molar-refractivity contribution is -0.126. The van der Waals surface area contributed by atoms with Gasteiger partial charge in [0.1, 0.15) is 6.61 Å². The first-order valence-corrected chi connectivity index (χ1v) is 9.67. The predicted octanol–water partition coefficient (Wildman–Crippen LogP) is 4.00. The quantitative estimate of drug-likeness (QED) is 0.780. The fraction of sp³-hybridized carbons (Fsp3) is 0.263. The lowest BCUT2D eigenvalue weighted by atomic mass is 10.2. The first kappa shape index (κ1) is 17.2. The highest BCUT2D eigenvalue weighted by atomic mass is 35.5. The van der Waals surface area contributed by atoms with Crippen LogP contribution >= 0.6 is 23.4 Å². The van der Waals surface area contributed by atoms with Crippen molar-refractivity contribution in [3.8, 4) is 11.5 Å². The lowest BCUT2D eigenvalue weighted by Crippen LogP contribution is -2.48. The van der Waals surface area contributed by atoms with Crippen molar-refractivity contribution < 1.29 is 14.3 Å². The molecule has 0 unspecified atom stereocenters. The van der Waals surface area contributed by atoms with Gasteiger partial charge in [-0.2, -0.15) is 0 Å². The normalized spacial score (nSPS) is 21.2. The maximum Gasteiger partial charge on any atom is 0.277 e. The maximum absolute atomic E-state index is 13.3. The van der Waals surface area contributed by atoms with E-state index in [-0.39, 0.29) is 18.6 Å². The average Bonchev–Trinajstić information content (AvgIpc) is 3.09. The highest BCUT2D eigenvalue weighted by Crippen LogP contribution is 2.33. The molecule has 0 saturated carbocycles. The van der Waals surface area contributed by atoms with Crippen LogP contribution in [0, 0.1) is 0 Å². The first-order valence-electron chi connectivity index (χ1n) is 8.30. The van der Waals surface area contributed by atoms with Crippen LogP contribution in [0.15, 0.2) is 53.5 Å². The van der Waals surface area contributed by atoms with E-state index in [0.717, 1.165) is 5.75 Å². The molecule has 0 N–H and O–H groups in total. The number of ether oxygens (including phenoxy) is 2. The van der Waals surface area contributed by atoms with Gasteiger partial charge in [0.2, 0.25) is 6.10 Å². The lowest BCUT2D eigenvalue weighted by Gasteiger charge is -2.30. The molecular formula is C19H17ClN2O3S. The number of rotatable bonds is 2. The van der Waals surface area contributed by atoms with Crippen molar-refractivity contribution in [3.05, 3.63) is 53.6 Å². The smallest absolute Gasteiger partial charge is 0.277 e. The van der Waals surface area contributed by atoms with Crippen LogP contribution in [0.2, 0.25) is 5.02 Å². The first-order chi connectivity index (χ1) is 12.6. The van der Waals surface area contributed by atoms with Gasteiger partial charge in [0.05, 0.1) is 11.7 Å². The van der Waals surface area contributed by atoms with E-state index < -0.39 is 6.10 Å². The molecule has 0 aliphatic carbocycles. The molecule has 0 bridgehead atoms. The number of amidine groups is 1. The van der Waals surface area contributed by atoms with Crippen LogP contribution in [0.1, 0.15) is 6.92 Å². The maximum atomic E-state index is 13.3. The number of nitrogens with zero attached hydrogens (tertiary/aromatic N) is 2. The molecule has 0 saturated heterocycles. The molecule has 26 heavy (non-hydrogen) atoms. The minimum Gasteiger partial charge on any atom is -0.485 e. The summed E-state index contributed by atoms with van der Waals surface area (Å²) in [6.45, 7) is 2.19. The molecule has 0 spiro atoms. The minimum atomic E-state index is -0.736. The number of hydrogen-bond donors (Lipinski definition) is 0. The van der Waals surface area contributed by atoms with Crippen molar-refractivity contribution in [2.75, 3.05) is 17.3 Å². The number of fused-ring (bicyclic) bond motifs is 1. The largest absolute Gasteiger partial charge is 0.485 e. The molecule has 2 aromatic carbocycles. The van der Waals surface area contributed by atoms with Crippen LogP contribution in [0.5, 0.6) is 11.5 Å². The third-order valence-electron chi connectivity index (χ3n) is 4.06. The molecule has 0 aromatic heterocycles. The summed E-state index contributed by atoms with van der Waals surface area (Å²) in [5.74, 6) is 1.86. The second kappa shape index (κ2) is 7.21. The fourth-order valence-corrected chi connectivity index (χ4v) is 3.96. The van der Waals surface area contributed by atoms with Crippen LogP contribution in [-0.2, 0) is 4.79 Å². The Balaban J connectivity index is 1.65. The summed E-state index contributed by atoms with van der Waals surface area (Å²) in [6, 6.07) is 14.6. The Morgan fingerprint density at radius 3 is 2.62 bits per heavy atom. The number of carbonyl (C=O) groups is 1. The third-order valence-corrected chi connectivity index (χ3v) is 5.51. The predicted molar refractivity (Wildman–Crippen MR) is 105 cm³/mol. The van der Waals surface area contributed by atoms with E-state index in [1.807, 2.05) is 37.3 Å².